The summed E-state index contributed by atoms with van der Waals surface area (Å²) in [7, 11) is 0. The van der Waals surface area contributed by atoms with Gasteiger partial charge in [0.1, 0.15) is 12.0 Å². The van der Waals surface area contributed by atoms with Gasteiger partial charge in [-0.05, 0) is 35.3 Å². The lowest BCUT2D eigenvalue weighted by Crippen LogP contribution is -2.09. The molecule has 104 valence electrons. The van der Waals surface area contributed by atoms with Gasteiger partial charge in [0.2, 0.25) is 0 Å². The summed E-state index contributed by atoms with van der Waals surface area (Å²) in [5.74, 6) is 0.601. The Morgan fingerprint density at radius 1 is 1.35 bits per heavy atom. The number of benzene rings is 1. The van der Waals surface area contributed by atoms with Gasteiger partial charge in [-0.2, -0.15) is 0 Å². The Bertz CT molecular complexity index is 632. The van der Waals surface area contributed by atoms with Crippen molar-refractivity contribution in [3.63, 3.8) is 0 Å². The fourth-order valence-electron chi connectivity index (χ4n) is 1.88. The molecule has 1 heterocycles. The lowest BCUT2D eigenvalue weighted by atomic mass is 10.1. The van der Waals surface area contributed by atoms with Crippen molar-refractivity contribution in [3.8, 4) is 0 Å². The second-order valence-electron chi connectivity index (χ2n) is 4.46. The SMILES string of the molecule is Cc1c([N+](=O)[O-])cnc(NC(C)c2ccccc2)c1Br. The highest BCUT2D eigenvalue weighted by molar-refractivity contribution is 9.10. The Labute approximate surface area is 125 Å². The molecular formula is C14H14BrN3O2. The molecule has 0 aliphatic heterocycles. The van der Waals surface area contributed by atoms with E-state index in [1.54, 1.807) is 6.92 Å². The highest BCUT2D eigenvalue weighted by atomic mass is 79.9. The van der Waals surface area contributed by atoms with Crippen LogP contribution in [0.4, 0.5) is 11.5 Å². The third kappa shape index (κ3) is 2.96. The topological polar surface area (TPSA) is 68.1 Å². The maximum atomic E-state index is 10.9. The van der Waals surface area contributed by atoms with E-state index in [9.17, 15) is 10.1 Å². The predicted octanol–water partition coefficient (Wildman–Crippen LogP) is 4.23. The van der Waals surface area contributed by atoms with Gasteiger partial charge in [0.05, 0.1) is 9.40 Å². The van der Waals surface area contributed by atoms with Crippen LogP contribution in [0.3, 0.4) is 0 Å². The van der Waals surface area contributed by atoms with Gasteiger partial charge in [-0.3, -0.25) is 10.1 Å². The van der Waals surface area contributed by atoms with Crippen molar-refractivity contribution in [3.05, 3.63) is 62.2 Å². The lowest BCUT2D eigenvalue weighted by molar-refractivity contribution is -0.385. The largest absolute Gasteiger partial charge is 0.363 e. The maximum absolute atomic E-state index is 10.9. The molecule has 6 heteroatoms. The van der Waals surface area contributed by atoms with Gasteiger partial charge in [-0.15, -0.1) is 0 Å². The van der Waals surface area contributed by atoms with Crippen molar-refractivity contribution >= 4 is 27.4 Å². The van der Waals surface area contributed by atoms with Gasteiger partial charge in [0.15, 0.2) is 0 Å². The fourth-order valence-corrected chi connectivity index (χ4v) is 2.30. The van der Waals surface area contributed by atoms with Crippen LogP contribution in [0.15, 0.2) is 41.0 Å². The van der Waals surface area contributed by atoms with Crippen LogP contribution >= 0.6 is 15.9 Å². The molecule has 0 aliphatic carbocycles. The van der Waals surface area contributed by atoms with Crippen LogP contribution in [-0.2, 0) is 0 Å². The van der Waals surface area contributed by atoms with Crippen LogP contribution in [0.2, 0.25) is 0 Å². The molecule has 1 aromatic heterocycles. The molecule has 0 amide bonds. The number of rotatable bonds is 4. The first-order chi connectivity index (χ1) is 9.50. The van der Waals surface area contributed by atoms with Gasteiger partial charge < -0.3 is 5.32 Å². The number of nitrogens with zero attached hydrogens (tertiary/aromatic N) is 2. The van der Waals surface area contributed by atoms with E-state index in [1.807, 2.05) is 37.3 Å². The average molecular weight is 336 g/mol. The molecular weight excluding hydrogens is 322 g/mol. The first-order valence-corrected chi connectivity index (χ1v) is 6.91. The number of anilines is 1. The van der Waals surface area contributed by atoms with E-state index in [0.29, 0.717) is 15.9 Å². The van der Waals surface area contributed by atoms with Crippen LogP contribution in [0.25, 0.3) is 0 Å². The summed E-state index contributed by atoms with van der Waals surface area (Å²) in [6, 6.07) is 9.99. The molecule has 2 rings (SSSR count). The number of nitrogens with one attached hydrogen (secondary N) is 1. The zero-order chi connectivity index (χ0) is 14.7. The van der Waals surface area contributed by atoms with E-state index in [2.05, 4.69) is 26.2 Å². The number of aromatic nitrogens is 1. The molecule has 2 aromatic rings. The van der Waals surface area contributed by atoms with Crippen LogP contribution in [0, 0.1) is 17.0 Å². The molecule has 0 spiro atoms. The van der Waals surface area contributed by atoms with Crippen LogP contribution in [-0.4, -0.2) is 9.91 Å². The van der Waals surface area contributed by atoms with Crippen LogP contribution < -0.4 is 5.32 Å². The van der Waals surface area contributed by atoms with Crippen molar-refractivity contribution in [2.45, 2.75) is 19.9 Å². The first kappa shape index (κ1) is 14.5. The van der Waals surface area contributed by atoms with Gasteiger partial charge in [0, 0.05) is 11.6 Å². The quantitative estimate of drug-likeness (QED) is 0.670. The predicted molar refractivity (Wildman–Crippen MR) is 81.8 cm³/mol. The van der Waals surface area contributed by atoms with Crippen molar-refractivity contribution in [2.24, 2.45) is 0 Å². The third-order valence-electron chi connectivity index (χ3n) is 3.09. The summed E-state index contributed by atoms with van der Waals surface area (Å²) in [6.45, 7) is 3.71. The van der Waals surface area contributed by atoms with Gasteiger partial charge in [-0.25, -0.2) is 4.98 Å². The van der Waals surface area contributed by atoms with Crippen LogP contribution in [0.1, 0.15) is 24.1 Å². The maximum Gasteiger partial charge on any atom is 0.291 e. The summed E-state index contributed by atoms with van der Waals surface area (Å²) in [4.78, 5) is 14.5. The third-order valence-corrected chi connectivity index (χ3v) is 4.06. The summed E-state index contributed by atoms with van der Waals surface area (Å²) < 4.78 is 0.620. The van der Waals surface area contributed by atoms with Gasteiger partial charge in [-0.1, -0.05) is 30.3 Å². The normalized spacial score (nSPS) is 11.9. The van der Waals surface area contributed by atoms with Crippen LogP contribution in [0.5, 0.6) is 0 Å². The molecule has 1 atom stereocenters. The number of halogens is 1. The second kappa shape index (κ2) is 6.00. The first-order valence-electron chi connectivity index (χ1n) is 6.11. The minimum atomic E-state index is -0.433. The summed E-state index contributed by atoms with van der Waals surface area (Å²) in [5.41, 5.74) is 1.69. The van der Waals surface area contributed by atoms with E-state index in [0.717, 1.165) is 5.56 Å². The highest BCUT2D eigenvalue weighted by Crippen LogP contribution is 2.32. The number of hydrogen-bond donors (Lipinski definition) is 1. The molecule has 1 aromatic carbocycles. The van der Waals surface area contributed by atoms with Crippen molar-refractivity contribution < 1.29 is 4.92 Å². The number of pyridine rings is 1. The van der Waals surface area contributed by atoms with E-state index >= 15 is 0 Å². The van der Waals surface area contributed by atoms with E-state index in [4.69, 9.17) is 0 Å². The van der Waals surface area contributed by atoms with Crippen molar-refractivity contribution in [2.75, 3.05) is 5.32 Å². The zero-order valence-corrected chi connectivity index (χ0v) is 12.7. The zero-order valence-electron chi connectivity index (χ0n) is 11.1. The Morgan fingerprint density at radius 2 is 2.00 bits per heavy atom. The monoisotopic (exact) mass is 335 g/mol. The number of hydrogen-bond acceptors (Lipinski definition) is 4. The average Bonchev–Trinajstić information content (AvgIpc) is 2.44. The van der Waals surface area contributed by atoms with E-state index in [-0.39, 0.29) is 11.7 Å². The minimum Gasteiger partial charge on any atom is -0.363 e. The molecule has 1 N–H and O–H groups in total. The molecule has 0 bridgehead atoms. The molecule has 0 saturated heterocycles. The molecule has 1 unspecified atom stereocenters. The van der Waals surface area contributed by atoms with Gasteiger partial charge >= 0.3 is 0 Å². The highest BCUT2D eigenvalue weighted by Gasteiger charge is 2.18. The summed E-state index contributed by atoms with van der Waals surface area (Å²) >= 11 is 3.37. The van der Waals surface area contributed by atoms with Crippen molar-refractivity contribution in [1.29, 1.82) is 0 Å². The number of nitro groups is 1. The Balaban J connectivity index is 2.27. The second-order valence-corrected chi connectivity index (χ2v) is 5.26. The van der Waals surface area contributed by atoms with E-state index < -0.39 is 4.92 Å². The molecule has 5 nitrogen and oxygen atoms in total. The van der Waals surface area contributed by atoms with Crippen molar-refractivity contribution in [1.82, 2.24) is 4.98 Å². The molecule has 0 saturated carbocycles. The fraction of sp³-hybridized carbons (Fsp3) is 0.214. The smallest absolute Gasteiger partial charge is 0.291 e. The molecule has 20 heavy (non-hydrogen) atoms. The molecule has 0 fully saturated rings. The Morgan fingerprint density at radius 3 is 2.60 bits per heavy atom. The lowest BCUT2D eigenvalue weighted by Gasteiger charge is -2.16. The minimum absolute atomic E-state index is 0.00906. The summed E-state index contributed by atoms with van der Waals surface area (Å²) in [5, 5.41) is 14.1. The van der Waals surface area contributed by atoms with Gasteiger partial charge in [0.25, 0.3) is 5.69 Å². The molecule has 0 radical (unpaired) electrons. The Hall–Kier alpha value is -1.95. The standard InChI is InChI=1S/C14H14BrN3O2/c1-9-12(18(19)20)8-16-14(13(9)15)17-10(2)11-6-4-3-5-7-11/h3-8,10H,1-2H3,(H,16,17). The molecule has 0 aliphatic rings. The van der Waals surface area contributed by atoms with E-state index in [1.165, 1.54) is 6.20 Å². The Kier molecular flexibility index (Phi) is 4.34. The summed E-state index contributed by atoms with van der Waals surface area (Å²) in [6.07, 6.45) is 1.28.